The standard InChI is InChI=1S/C14H14F2O4S/c1-20-11(17)6-14(2-3-14)7-21-12-9(15)4-8(13(18)19)5-10(12)16/h4-5H,2-3,6-7H2,1H3,(H,18,19). The van der Waals surface area contributed by atoms with Crippen LogP contribution in [0.2, 0.25) is 0 Å². The van der Waals surface area contributed by atoms with E-state index in [9.17, 15) is 18.4 Å². The van der Waals surface area contributed by atoms with Crippen LogP contribution in [0.1, 0.15) is 29.6 Å². The summed E-state index contributed by atoms with van der Waals surface area (Å²) in [5, 5.41) is 8.73. The maximum Gasteiger partial charge on any atom is 0.335 e. The largest absolute Gasteiger partial charge is 0.478 e. The number of methoxy groups -OCH3 is 1. The molecule has 0 amide bonds. The molecule has 0 heterocycles. The van der Waals surface area contributed by atoms with Gasteiger partial charge in [-0.2, -0.15) is 0 Å². The van der Waals surface area contributed by atoms with Gasteiger partial charge in [0.15, 0.2) is 0 Å². The normalized spacial score (nSPS) is 15.6. The van der Waals surface area contributed by atoms with E-state index in [2.05, 4.69) is 4.74 Å². The number of carbonyl (C=O) groups is 2. The molecule has 7 heteroatoms. The Morgan fingerprint density at radius 2 is 1.90 bits per heavy atom. The lowest BCUT2D eigenvalue weighted by Gasteiger charge is -2.14. The number of ether oxygens (including phenoxy) is 1. The van der Waals surface area contributed by atoms with Crippen LogP contribution in [0.3, 0.4) is 0 Å². The van der Waals surface area contributed by atoms with Crippen LogP contribution < -0.4 is 0 Å². The summed E-state index contributed by atoms with van der Waals surface area (Å²) in [5.74, 6) is -3.12. The number of carbonyl (C=O) groups excluding carboxylic acids is 1. The Labute approximate surface area is 124 Å². The number of hydrogen-bond acceptors (Lipinski definition) is 4. The Morgan fingerprint density at radius 1 is 1.33 bits per heavy atom. The fourth-order valence-corrected chi connectivity index (χ4v) is 3.21. The monoisotopic (exact) mass is 316 g/mol. The molecule has 1 aliphatic carbocycles. The second-order valence-corrected chi connectivity index (χ2v) is 6.10. The van der Waals surface area contributed by atoms with Gasteiger partial charge in [-0.1, -0.05) is 0 Å². The molecule has 0 atom stereocenters. The van der Waals surface area contributed by atoms with Gasteiger partial charge >= 0.3 is 11.9 Å². The minimum atomic E-state index is -1.38. The molecule has 0 radical (unpaired) electrons. The maximum absolute atomic E-state index is 13.8. The van der Waals surface area contributed by atoms with E-state index < -0.39 is 23.2 Å². The molecule has 1 aromatic carbocycles. The second kappa shape index (κ2) is 6.01. The van der Waals surface area contributed by atoms with Crippen LogP contribution in [0.5, 0.6) is 0 Å². The average Bonchev–Trinajstić information content (AvgIpc) is 3.17. The SMILES string of the molecule is COC(=O)CC1(CSc2c(F)cc(C(=O)O)cc2F)CC1. The molecule has 0 aromatic heterocycles. The molecule has 0 saturated heterocycles. The van der Waals surface area contributed by atoms with Crippen LogP contribution in [-0.2, 0) is 9.53 Å². The van der Waals surface area contributed by atoms with Crippen molar-refractivity contribution in [3.05, 3.63) is 29.3 Å². The third-order valence-corrected chi connectivity index (χ3v) is 4.91. The van der Waals surface area contributed by atoms with E-state index in [-0.39, 0.29) is 22.7 Å². The summed E-state index contributed by atoms with van der Waals surface area (Å²) in [6.45, 7) is 0. The van der Waals surface area contributed by atoms with Crippen molar-refractivity contribution < 1.29 is 28.2 Å². The molecule has 1 saturated carbocycles. The van der Waals surface area contributed by atoms with E-state index in [1.807, 2.05) is 0 Å². The number of aromatic carboxylic acids is 1. The van der Waals surface area contributed by atoms with E-state index in [0.29, 0.717) is 5.75 Å². The van der Waals surface area contributed by atoms with Gasteiger partial charge in [0, 0.05) is 5.75 Å². The number of rotatable bonds is 6. The zero-order chi connectivity index (χ0) is 15.6. The fourth-order valence-electron chi connectivity index (χ4n) is 1.97. The van der Waals surface area contributed by atoms with Gasteiger partial charge in [-0.15, -0.1) is 11.8 Å². The third-order valence-electron chi connectivity index (χ3n) is 3.47. The minimum absolute atomic E-state index is 0.212. The predicted molar refractivity (Wildman–Crippen MR) is 72.3 cm³/mol. The summed E-state index contributed by atoms with van der Waals surface area (Å²) < 4.78 is 32.2. The first-order valence-corrected chi connectivity index (χ1v) is 7.27. The molecule has 4 nitrogen and oxygen atoms in total. The summed E-state index contributed by atoms with van der Waals surface area (Å²) in [4.78, 5) is 21.8. The number of halogens is 2. The van der Waals surface area contributed by atoms with Crippen LogP contribution in [-0.4, -0.2) is 29.9 Å². The molecule has 0 aliphatic heterocycles. The summed E-state index contributed by atoms with van der Waals surface area (Å²) in [5.41, 5.74) is -0.688. The summed E-state index contributed by atoms with van der Waals surface area (Å²) in [6, 6.07) is 1.60. The highest BCUT2D eigenvalue weighted by Gasteiger charge is 2.44. The highest BCUT2D eigenvalue weighted by atomic mass is 32.2. The molecule has 0 spiro atoms. The Kier molecular flexibility index (Phi) is 4.51. The molecule has 21 heavy (non-hydrogen) atoms. The number of hydrogen-bond donors (Lipinski definition) is 1. The smallest absolute Gasteiger partial charge is 0.335 e. The molecular formula is C14H14F2O4S. The van der Waals surface area contributed by atoms with Gasteiger partial charge in [0.25, 0.3) is 0 Å². The van der Waals surface area contributed by atoms with E-state index in [4.69, 9.17) is 5.11 Å². The molecule has 1 aromatic rings. The molecule has 0 bridgehead atoms. The number of benzene rings is 1. The van der Waals surface area contributed by atoms with Crippen molar-refractivity contribution in [2.75, 3.05) is 12.9 Å². The highest BCUT2D eigenvalue weighted by Crippen LogP contribution is 2.52. The molecule has 1 N–H and O–H groups in total. The van der Waals surface area contributed by atoms with Crippen molar-refractivity contribution in [3.8, 4) is 0 Å². The van der Waals surface area contributed by atoms with Crippen molar-refractivity contribution in [2.45, 2.75) is 24.2 Å². The first-order chi connectivity index (χ1) is 9.87. The van der Waals surface area contributed by atoms with Crippen molar-refractivity contribution in [2.24, 2.45) is 5.41 Å². The summed E-state index contributed by atoms with van der Waals surface area (Å²) in [6.07, 6.45) is 1.85. The van der Waals surface area contributed by atoms with Gasteiger partial charge in [-0.3, -0.25) is 4.79 Å². The van der Waals surface area contributed by atoms with E-state index in [1.54, 1.807) is 0 Å². The van der Waals surface area contributed by atoms with Gasteiger partial charge in [0.05, 0.1) is 24.0 Å². The Hall–Kier alpha value is -1.63. The fraction of sp³-hybridized carbons (Fsp3) is 0.429. The van der Waals surface area contributed by atoms with Crippen molar-refractivity contribution in [3.63, 3.8) is 0 Å². The van der Waals surface area contributed by atoms with Crippen molar-refractivity contribution >= 4 is 23.7 Å². The van der Waals surface area contributed by atoms with E-state index >= 15 is 0 Å². The zero-order valence-electron chi connectivity index (χ0n) is 11.3. The van der Waals surface area contributed by atoms with Crippen molar-refractivity contribution in [1.82, 2.24) is 0 Å². The van der Waals surface area contributed by atoms with Gasteiger partial charge < -0.3 is 9.84 Å². The Bertz CT molecular complexity index is 561. The zero-order valence-corrected chi connectivity index (χ0v) is 12.1. The van der Waals surface area contributed by atoms with E-state index in [1.165, 1.54) is 7.11 Å². The molecule has 2 rings (SSSR count). The highest BCUT2D eigenvalue weighted by molar-refractivity contribution is 7.99. The molecule has 114 valence electrons. The lowest BCUT2D eigenvalue weighted by molar-refractivity contribution is -0.141. The van der Waals surface area contributed by atoms with Crippen LogP contribution in [0.25, 0.3) is 0 Å². The van der Waals surface area contributed by atoms with Crippen molar-refractivity contribution in [1.29, 1.82) is 0 Å². The lowest BCUT2D eigenvalue weighted by Crippen LogP contribution is -2.13. The minimum Gasteiger partial charge on any atom is -0.478 e. The Balaban J connectivity index is 2.07. The average molecular weight is 316 g/mol. The third kappa shape index (κ3) is 3.72. The predicted octanol–water partition coefficient (Wildman–Crippen LogP) is 3.10. The maximum atomic E-state index is 13.8. The number of thioether (sulfide) groups is 1. The van der Waals surface area contributed by atoms with Gasteiger partial charge in [-0.05, 0) is 30.4 Å². The molecule has 0 unspecified atom stereocenters. The van der Waals surface area contributed by atoms with Crippen LogP contribution in [0.15, 0.2) is 17.0 Å². The summed E-state index contributed by atoms with van der Waals surface area (Å²) in [7, 11) is 1.30. The quantitative estimate of drug-likeness (QED) is 0.645. The first kappa shape index (κ1) is 15.8. The van der Waals surface area contributed by atoms with Gasteiger partial charge in [-0.25, -0.2) is 13.6 Å². The second-order valence-electron chi connectivity index (χ2n) is 5.12. The first-order valence-electron chi connectivity index (χ1n) is 6.29. The number of carboxylic acids is 1. The van der Waals surface area contributed by atoms with Crippen LogP contribution >= 0.6 is 11.8 Å². The van der Waals surface area contributed by atoms with Gasteiger partial charge in [0.1, 0.15) is 11.6 Å². The lowest BCUT2D eigenvalue weighted by atomic mass is 10.1. The summed E-state index contributed by atoms with van der Waals surface area (Å²) >= 11 is 0.965. The molecule has 1 aliphatic rings. The topological polar surface area (TPSA) is 63.6 Å². The number of esters is 1. The molecule has 1 fully saturated rings. The Morgan fingerprint density at radius 3 is 2.33 bits per heavy atom. The number of carboxylic acid groups (broad SMARTS) is 1. The van der Waals surface area contributed by atoms with Crippen LogP contribution in [0, 0.1) is 17.0 Å². The molecular weight excluding hydrogens is 302 g/mol. The van der Waals surface area contributed by atoms with Crippen LogP contribution in [0.4, 0.5) is 8.78 Å². The van der Waals surface area contributed by atoms with E-state index in [0.717, 1.165) is 36.7 Å². The van der Waals surface area contributed by atoms with Gasteiger partial charge in [0.2, 0.25) is 0 Å².